The number of piperidine rings is 1. The Morgan fingerprint density at radius 2 is 1.88 bits per heavy atom. The van der Waals surface area contributed by atoms with E-state index in [9.17, 15) is 0 Å². The standard InChI is InChI=1S/C13H19ClN2/c1-10(11-2-4-12(14)5-3-11)16-13-6-8-15-9-7-13/h2-5,10,13,15-16H,6-9H2,1H3. The second kappa shape index (κ2) is 5.67. The molecule has 0 aromatic heterocycles. The van der Waals surface area contributed by atoms with Crippen molar-refractivity contribution in [2.24, 2.45) is 0 Å². The molecule has 2 nitrogen and oxygen atoms in total. The summed E-state index contributed by atoms with van der Waals surface area (Å²) in [7, 11) is 0. The van der Waals surface area contributed by atoms with Gasteiger partial charge in [-0.05, 0) is 50.6 Å². The fraction of sp³-hybridized carbons (Fsp3) is 0.538. The van der Waals surface area contributed by atoms with Crippen molar-refractivity contribution in [2.45, 2.75) is 31.8 Å². The van der Waals surface area contributed by atoms with Crippen LogP contribution in [0.4, 0.5) is 0 Å². The lowest BCUT2D eigenvalue weighted by Gasteiger charge is -2.27. The zero-order valence-electron chi connectivity index (χ0n) is 9.67. The van der Waals surface area contributed by atoms with Crippen molar-refractivity contribution in [1.82, 2.24) is 10.6 Å². The van der Waals surface area contributed by atoms with Crippen LogP contribution in [0, 0.1) is 0 Å². The van der Waals surface area contributed by atoms with Gasteiger partial charge in [0.25, 0.3) is 0 Å². The molecule has 1 saturated heterocycles. The SMILES string of the molecule is CC(NC1CCNCC1)c1ccc(Cl)cc1. The Balaban J connectivity index is 1.91. The first-order valence-corrected chi connectivity index (χ1v) is 6.36. The van der Waals surface area contributed by atoms with Crippen molar-refractivity contribution in [1.29, 1.82) is 0 Å². The van der Waals surface area contributed by atoms with Crippen molar-refractivity contribution in [3.8, 4) is 0 Å². The minimum absolute atomic E-state index is 0.403. The summed E-state index contributed by atoms with van der Waals surface area (Å²) < 4.78 is 0. The Kier molecular flexibility index (Phi) is 4.22. The monoisotopic (exact) mass is 238 g/mol. The summed E-state index contributed by atoms with van der Waals surface area (Å²) >= 11 is 5.88. The molecule has 1 aliphatic heterocycles. The minimum atomic E-state index is 0.403. The van der Waals surface area contributed by atoms with E-state index >= 15 is 0 Å². The Morgan fingerprint density at radius 3 is 2.50 bits per heavy atom. The molecule has 2 rings (SSSR count). The second-order valence-corrected chi connectivity index (χ2v) is 4.90. The van der Waals surface area contributed by atoms with Gasteiger partial charge < -0.3 is 10.6 Å². The van der Waals surface area contributed by atoms with E-state index in [2.05, 4.69) is 29.7 Å². The maximum atomic E-state index is 5.88. The molecule has 0 saturated carbocycles. The van der Waals surface area contributed by atoms with Crippen LogP contribution in [-0.2, 0) is 0 Å². The van der Waals surface area contributed by atoms with Crippen LogP contribution < -0.4 is 10.6 Å². The predicted molar refractivity (Wildman–Crippen MR) is 68.9 cm³/mol. The van der Waals surface area contributed by atoms with Crippen LogP contribution in [0.3, 0.4) is 0 Å². The molecular formula is C13H19ClN2. The zero-order valence-corrected chi connectivity index (χ0v) is 10.4. The molecule has 1 fully saturated rings. The molecule has 0 radical (unpaired) electrons. The highest BCUT2D eigenvalue weighted by Gasteiger charge is 2.15. The van der Waals surface area contributed by atoms with Crippen LogP contribution in [0.5, 0.6) is 0 Å². The maximum absolute atomic E-state index is 5.88. The van der Waals surface area contributed by atoms with Crippen molar-refractivity contribution in [3.63, 3.8) is 0 Å². The van der Waals surface area contributed by atoms with Gasteiger partial charge in [-0.2, -0.15) is 0 Å². The van der Waals surface area contributed by atoms with E-state index in [0.717, 1.165) is 18.1 Å². The highest BCUT2D eigenvalue weighted by Crippen LogP contribution is 2.17. The first-order valence-electron chi connectivity index (χ1n) is 5.98. The third kappa shape index (κ3) is 3.21. The number of hydrogen-bond donors (Lipinski definition) is 2. The van der Waals surface area contributed by atoms with E-state index in [1.54, 1.807) is 0 Å². The summed E-state index contributed by atoms with van der Waals surface area (Å²) in [5, 5.41) is 7.85. The molecule has 88 valence electrons. The molecule has 16 heavy (non-hydrogen) atoms. The van der Waals surface area contributed by atoms with Gasteiger partial charge in [-0.25, -0.2) is 0 Å². The lowest BCUT2D eigenvalue weighted by Crippen LogP contribution is -2.40. The summed E-state index contributed by atoms with van der Waals surface area (Å²) in [5.41, 5.74) is 1.31. The van der Waals surface area contributed by atoms with Gasteiger partial charge in [0, 0.05) is 17.1 Å². The molecular weight excluding hydrogens is 220 g/mol. The van der Waals surface area contributed by atoms with E-state index in [1.165, 1.54) is 18.4 Å². The van der Waals surface area contributed by atoms with E-state index in [4.69, 9.17) is 11.6 Å². The second-order valence-electron chi connectivity index (χ2n) is 4.46. The maximum Gasteiger partial charge on any atom is 0.0406 e. The van der Waals surface area contributed by atoms with Gasteiger partial charge in [0.05, 0.1) is 0 Å². The van der Waals surface area contributed by atoms with Crippen LogP contribution in [0.25, 0.3) is 0 Å². The fourth-order valence-electron chi connectivity index (χ4n) is 2.19. The Bertz CT molecular complexity index is 317. The molecule has 1 atom stereocenters. The van der Waals surface area contributed by atoms with Gasteiger partial charge in [-0.3, -0.25) is 0 Å². The summed E-state index contributed by atoms with van der Waals surface area (Å²) in [5.74, 6) is 0. The van der Waals surface area contributed by atoms with Crippen LogP contribution in [-0.4, -0.2) is 19.1 Å². The number of halogens is 1. The molecule has 3 heteroatoms. The van der Waals surface area contributed by atoms with Gasteiger partial charge in [0.1, 0.15) is 0 Å². The smallest absolute Gasteiger partial charge is 0.0406 e. The summed E-state index contributed by atoms with van der Waals surface area (Å²) in [6.07, 6.45) is 2.44. The fourth-order valence-corrected chi connectivity index (χ4v) is 2.32. The van der Waals surface area contributed by atoms with Crippen molar-refractivity contribution in [2.75, 3.05) is 13.1 Å². The Labute approximate surface area is 102 Å². The Morgan fingerprint density at radius 1 is 1.25 bits per heavy atom. The number of hydrogen-bond acceptors (Lipinski definition) is 2. The van der Waals surface area contributed by atoms with Gasteiger partial charge in [0.15, 0.2) is 0 Å². The van der Waals surface area contributed by atoms with Crippen LogP contribution in [0.1, 0.15) is 31.4 Å². The average Bonchev–Trinajstić information content (AvgIpc) is 2.31. The third-order valence-corrected chi connectivity index (χ3v) is 3.45. The highest BCUT2D eigenvalue weighted by atomic mass is 35.5. The van der Waals surface area contributed by atoms with Gasteiger partial charge in [0.2, 0.25) is 0 Å². The summed E-state index contributed by atoms with van der Waals surface area (Å²) in [4.78, 5) is 0. The first-order chi connectivity index (χ1) is 7.75. The van der Waals surface area contributed by atoms with Crippen LogP contribution in [0.2, 0.25) is 5.02 Å². The van der Waals surface area contributed by atoms with E-state index in [-0.39, 0.29) is 0 Å². The molecule has 0 amide bonds. The normalized spacial score (nSPS) is 19.6. The average molecular weight is 239 g/mol. The molecule has 0 spiro atoms. The van der Waals surface area contributed by atoms with E-state index < -0.39 is 0 Å². The van der Waals surface area contributed by atoms with Crippen molar-refractivity contribution < 1.29 is 0 Å². The predicted octanol–water partition coefficient (Wildman–Crippen LogP) is 2.74. The minimum Gasteiger partial charge on any atom is -0.317 e. The van der Waals surface area contributed by atoms with E-state index in [1.807, 2.05) is 12.1 Å². The third-order valence-electron chi connectivity index (χ3n) is 3.19. The molecule has 0 bridgehead atoms. The lowest BCUT2D eigenvalue weighted by atomic mass is 10.0. The molecule has 1 aliphatic rings. The van der Waals surface area contributed by atoms with Gasteiger partial charge in [-0.1, -0.05) is 23.7 Å². The zero-order chi connectivity index (χ0) is 11.4. The van der Waals surface area contributed by atoms with Gasteiger partial charge in [-0.15, -0.1) is 0 Å². The molecule has 1 aromatic rings. The molecule has 1 heterocycles. The molecule has 1 aromatic carbocycles. The van der Waals surface area contributed by atoms with Crippen LogP contribution >= 0.6 is 11.6 Å². The highest BCUT2D eigenvalue weighted by molar-refractivity contribution is 6.30. The van der Waals surface area contributed by atoms with Crippen molar-refractivity contribution in [3.05, 3.63) is 34.9 Å². The summed E-state index contributed by atoms with van der Waals surface area (Å²) in [6.45, 7) is 4.47. The topological polar surface area (TPSA) is 24.1 Å². The molecule has 0 aliphatic carbocycles. The summed E-state index contributed by atoms with van der Waals surface area (Å²) in [6, 6.07) is 9.16. The van der Waals surface area contributed by atoms with E-state index in [0.29, 0.717) is 12.1 Å². The van der Waals surface area contributed by atoms with Gasteiger partial charge >= 0.3 is 0 Å². The molecule has 2 N–H and O–H groups in total. The quantitative estimate of drug-likeness (QED) is 0.846. The number of rotatable bonds is 3. The number of benzene rings is 1. The lowest BCUT2D eigenvalue weighted by molar-refractivity contribution is 0.359. The Hall–Kier alpha value is -0.570. The largest absolute Gasteiger partial charge is 0.317 e. The number of nitrogens with one attached hydrogen (secondary N) is 2. The van der Waals surface area contributed by atoms with Crippen molar-refractivity contribution >= 4 is 11.6 Å². The molecule has 1 unspecified atom stereocenters. The van der Waals surface area contributed by atoms with Crippen LogP contribution in [0.15, 0.2) is 24.3 Å². The first kappa shape index (κ1) is 11.9.